The highest BCUT2D eigenvalue weighted by Gasteiger charge is 2.40. The molecule has 0 spiro atoms. The summed E-state index contributed by atoms with van der Waals surface area (Å²) in [6, 6.07) is 17.8. The summed E-state index contributed by atoms with van der Waals surface area (Å²) in [5, 5.41) is 19.0. The molecule has 3 aromatic carbocycles. The number of anilines is 1. The van der Waals surface area contributed by atoms with Crippen LogP contribution in [0.4, 0.5) is 32.0 Å². The van der Waals surface area contributed by atoms with Gasteiger partial charge < -0.3 is 19.8 Å². The highest BCUT2D eigenvalue weighted by molar-refractivity contribution is 5.53. The fraction of sp³-hybridized carbons (Fsp3) is 0.250. The summed E-state index contributed by atoms with van der Waals surface area (Å²) in [5.41, 5.74) is -1.76. The largest absolute Gasteiger partial charge is 0.457 e. The molecule has 0 aromatic heterocycles. The number of aliphatic hydroxyl groups is 2. The summed E-state index contributed by atoms with van der Waals surface area (Å²) in [6.45, 7) is -2.52. The zero-order valence-corrected chi connectivity index (χ0v) is 17.6. The number of ether oxygens (including phenoxy) is 1. The SMILES string of the molecule is OCc1cccc(CN(CC(O)C(F)(F)F)c2cccc(Oc3ccccc3)c2)c1C(F)(F)F. The van der Waals surface area contributed by atoms with Crippen LogP contribution in [0, 0.1) is 0 Å². The van der Waals surface area contributed by atoms with E-state index in [0.717, 1.165) is 17.0 Å². The molecule has 0 fully saturated rings. The van der Waals surface area contributed by atoms with Crippen molar-refractivity contribution >= 4 is 5.69 Å². The summed E-state index contributed by atoms with van der Waals surface area (Å²) in [5.74, 6) is 0.701. The van der Waals surface area contributed by atoms with Crippen LogP contribution in [-0.2, 0) is 19.3 Å². The van der Waals surface area contributed by atoms with E-state index >= 15 is 0 Å². The summed E-state index contributed by atoms with van der Waals surface area (Å²) in [7, 11) is 0. The Morgan fingerprint density at radius 2 is 1.41 bits per heavy atom. The maximum atomic E-state index is 13.7. The van der Waals surface area contributed by atoms with Gasteiger partial charge >= 0.3 is 12.4 Å². The fourth-order valence-electron chi connectivity index (χ4n) is 3.43. The number of rotatable bonds is 8. The first-order valence-electron chi connectivity index (χ1n) is 10.1. The Hall–Kier alpha value is -3.24. The minimum absolute atomic E-state index is 0.110. The van der Waals surface area contributed by atoms with Gasteiger partial charge in [0.2, 0.25) is 0 Å². The second kappa shape index (κ2) is 10.4. The standard InChI is InChI=1S/C24H21F6NO3/c25-23(26,27)21(33)14-31(13-16-6-4-7-17(15-32)22(16)24(28,29)30)18-8-5-11-20(12-18)34-19-9-2-1-3-10-19/h1-12,21,32-33H,13-15H2. The van der Waals surface area contributed by atoms with Gasteiger partial charge in [0.25, 0.3) is 0 Å². The third-order valence-corrected chi connectivity index (χ3v) is 4.98. The molecular formula is C24H21F6NO3. The molecule has 34 heavy (non-hydrogen) atoms. The minimum Gasteiger partial charge on any atom is -0.457 e. The Labute approximate surface area is 191 Å². The maximum absolute atomic E-state index is 13.7. The van der Waals surface area contributed by atoms with Gasteiger partial charge in [0.1, 0.15) is 11.5 Å². The summed E-state index contributed by atoms with van der Waals surface area (Å²) in [4.78, 5) is 0.988. The zero-order chi connectivity index (χ0) is 24.9. The average Bonchev–Trinajstić information content (AvgIpc) is 2.78. The van der Waals surface area contributed by atoms with Crippen molar-refractivity contribution in [1.82, 2.24) is 0 Å². The Bertz CT molecular complexity index is 1090. The van der Waals surface area contributed by atoms with E-state index in [1.165, 1.54) is 24.3 Å². The van der Waals surface area contributed by atoms with E-state index in [0.29, 0.717) is 5.75 Å². The first-order valence-corrected chi connectivity index (χ1v) is 10.1. The van der Waals surface area contributed by atoms with Gasteiger partial charge in [0.05, 0.1) is 18.7 Å². The molecule has 2 N–H and O–H groups in total. The number of hydrogen-bond donors (Lipinski definition) is 2. The highest BCUT2D eigenvalue weighted by Crippen LogP contribution is 2.37. The highest BCUT2D eigenvalue weighted by atomic mass is 19.4. The van der Waals surface area contributed by atoms with Crippen LogP contribution in [0.15, 0.2) is 72.8 Å². The van der Waals surface area contributed by atoms with Crippen molar-refractivity contribution in [1.29, 1.82) is 0 Å². The molecule has 0 radical (unpaired) electrons. The second-order valence-corrected chi connectivity index (χ2v) is 7.46. The molecule has 10 heteroatoms. The minimum atomic E-state index is -4.98. The lowest BCUT2D eigenvalue weighted by atomic mass is 10.00. The zero-order valence-electron chi connectivity index (χ0n) is 17.6. The fourth-order valence-corrected chi connectivity index (χ4v) is 3.43. The third kappa shape index (κ3) is 6.42. The van der Waals surface area contributed by atoms with Crippen LogP contribution in [-0.4, -0.2) is 29.0 Å². The molecule has 0 aliphatic heterocycles. The summed E-state index contributed by atoms with van der Waals surface area (Å²) >= 11 is 0. The molecule has 0 saturated carbocycles. The van der Waals surface area contributed by atoms with E-state index < -0.39 is 49.3 Å². The molecule has 0 saturated heterocycles. The third-order valence-electron chi connectivity index (χ3n) is 4.98. The Balaban J connectivity index is 2.00. The first-order chi connectivity index (χ1) is 16.0. The Morgan fingerprint density at radius 3 is 2.03 bits per heavy atom. The van der Waals surface area contributed by atoms with Crippen LogP contribution in [0.2, 0.25) is 0 Å². The number of hydrogen-bond acceptors (Lipinski definition) is 4. The van der Waals surface area contributed by atoms with Gasteiger partial charge in [-0.1, -0.05) is 42.5 Å². The van der Waals surface area contributed by atoms with E-state index in [9.17, 15) is 36.6 Å². The van der Waals surface area contributed by atoms with Crippen LogP contribution in [0.3, 0.4) is 0 Å². The first kappa shape index (κ1) is 25.4. The molecule has 0 aliphatic carbocycles. The lowest BCUT2D eigenvalue weighted by Crippen LogP contribution is -2.41. The molecule has 3 rings (SSSR count). The lowest BCUT2D eigenvalue weighted by Gasteiger charge is -2.30. The van der Waals surface area contributed by atoms with Gasteiger partial charge in [0, 0.05) is 18.3 Å². The Morgan fingerprint density at radius 1 is 0.794 bits per heavy atom. The number of para-hydroxylation sites is 1. The molecule has 1 atom stereocenters. The lowest BCUT2D eigenvalue weighted by molar-refractivity contribution is -0.200. The molecule has 0 bridgehead atoms. The maximum Gasteiger partial charge on any atom is 0.417 e. The van der Waals surface area contributed by atoms with Crippen LogP contribution < -0.4 is 9.64 Å². The van der Waals surface area contributed by atoms with E-state index in [4.69, 9.17) is 4.74 Å². The van der Waals surface area contributed by atoms with Crippen LogP contribution in [0.1, 0.15) is 16.7 Å². The molecular weight excluding hydrogens is 464 g/mol. The molecule has 0 aliphatic rings. The van der Waals surface area contributed by atoms with Crippen LogP contribution in [0.25, 0.3) is 0 Å². The molecule has 3 aromatic rings. The van der Waals surface area contributed by atoms with Gasteiger partial charge in [-0.25, -0.2) is 0 Å². The smallest absolute Gasteiger partial charge is 0.417 e. The van der Waals surface area contributed by atoms with Crippen molar-refractivity contribution in [2.75, 3.05) is 11.4 Å². The number of aliphatic hydroxyl groups excluding tert-OH is 2. The number of alkyl halides is 6. The van der Waals surface area contributed by atoms with Crippen molar-refractivity contribution in [2.24, 2.45) is 0 Å². The van der Waals surface area contributed by atoms with E-state index in [1.807, 2.05) is 0 Å². The summed E-state index contributed by atoms with van der Waals surface area (Å²) < 4.78 is 86.2. The second-order valence-electron chi connectivity index (χ2n) is 7.46. The van der Waals surface area contributed by atoms with Crippen LogP contribution >= 0.6 is 0 Å². The van der Waals surface area contributed by atoms with Crippen molar-refractivity contribution < 1.29 is 41.3 Å². The van der Waals surface area contributed by atoms with Gasteiger partial charge in [-0.2, -0.15) is 26.3 Å². The molecule has 0 heterocycles. The van der Waals surface area contributed by atoms with Gasteiger partial charge in [-0.15, -0.1) is 0 Å². The van der Waals surface area contributed by atoms with Crippen molar-refractivity contribution in [3.8, 4) is 11.5 Å². The monoisotopic (exact) mass is 485 g/mol. The number of nitrogens with zero attached hydrogens (tertiary/aromatic N) is 1. The number of benzene rings is 3. The van der Waals surface area contributed by atoms with Crippen molar-refractivity contribution in [2.45, 2.75) is 31.6 Å². The van der Waals surface area contributed by atoms with Gasteiger partial charge in [0.15, 0.2) is 6.10 Å². The van der Waals surface area contributed by atoms with Crippen molar-refractivity contribution in [3.05, 3.63) is 89.5 Å². The molecule has 182 valence electrons. The topological polar surface area (TPSA) is 52.9 Å². The van der Waals surface area contributed by atoms with Crippen LogP contribution in [0.5, 0.6) is 11.5 Å². The van der Waals surface area contributed by atoms with E-state index in [1.54, 1.807) is 36.4 Å². The summed E-state index contributed by atoms with van der Waals surface area (Å²) in [6.07, 6.45) is -12.6. The Kier molecular flexibility index (Phi) is 7.73. The van der Waals surface area contributed by atoms with E-state index in [-0.39, 0.29) is 17.0 Å². The quantitative estimate of drug-likeness (QED) is 0.389. The van der Waals surface area contributed by atoms with Gasteiger partial charge in [-0.05, 0) is 35.4 Å². The predicted octanol–water partition coefficient (Wildman–Crippen LogP) is 5.92. The molecule has 4 nitrogen and oxygen atoms in total. The predicted molar refractivity (Wildman–Crippen MR) is 113 cm³/mol. The average molecular weight is 485 g/mol. The number of halogens is 6. The van der Waals surface area contributed by atoms with E-state index in [2.05, 4.69) is 0 Å². The normalized spacial score (nSPS) is 12.9. The van der Waals surface area contributed by atoms with Gasteiger partial charge in [-0.3, -0.25) is 0 Å². The molecule has 0 amide bonds. The van der Waals surface area contributed by atoms with Crippen molar-refractivity contribution in [3.63, 3.8) is 0 Å². The molecule has 1 unspecified atom stereocenters.